The first-order valence-corrected chi connectivity index (χ1v) is 8.10. The van der Waals surface area contributed by atoms with E-state index in [1.54, 1.807) is 0 Å². The molecule has 0 spiro atoms. The summed E-state index contributed by atoms with van der Waals surface area (Å²) in [5, 5.41) is 0. The third kappa shape index (κ3) is 1.85. The highest BCUT2D eigenvalue weighted by atomic mass is 32.1. The van der Waals surface area contributed by atoms with Crippen molar-refractivity contribution in [3.05, 3.63) is 28.5 Å². The number of H-pyrrole nitrogens is 1. The monoisotopic (exact) mass is 287 g/mol. The molecule has 4 heteroatoms. The van der Waals surface area contributed by atoms with E-state index < -0.39 is 0 Å². The average Bonchev–Trinajstić information content (AvgIpc) is 2.99. The van der Waals surface area contributed by atoms with E-state index in [-0.39, 0.29) is 0 Å². The summed E-state index contributed by atoms with van der Waals surface area (Å²) in [5.74, 6) is 0. The minimum atomic E-state index is 0.554. The van der Waals surface area contributed by atoms with Crippen LogP contribution in [0.15, 0.2) is 18.2 Å². The summed E-state index contributed by atoms with van der Waals surface area (Å²) < 4.78 is 3.29. The predicted molar refractivity (Wildman–Crippen MR) is 84.7 cm³/mol. The van der Waals surface area contributed by atoms with Crippen LogP contribution in [0.4, 0.5) is 0 Å². The van der Waals surface area contributed by atoms with Crippen LogP contribution in [-0.2, 0) is 0 Å². The van der Waals surface area contributed by atoms with Crippen LogP contribution in [0.3, 0.4) is 0 Å². The third-order valence-electron chi connectivity index (χ3n) is 5.03. The van der Waals surface area contributed by atoms with E-state index in [1.165, 1.54) is 55.4 Å². The zero-order valence-electron chi connectivity index (χ0n) is 11.9. The summed E-state index contributed by atoms with van der Waals surface area (Å²) in [6, 6.07) is 7.82. The number of hydrogen-bond acceptors (Lipinski definition) is 2. The van der Waals surface area contributed by atoms with Gasteiger partial charge in [0.25, 0.3) is 0 Å². The number of benzene rings is 1. The minimum Gasteiger partial charge on any atom is -0.331 e. The Bertz CT molecular complexity index is 699. The topological polar surface area (TPSA) is 24.0 Å². The molecule has 2 aliphatic rings. The number of aromatic nitrogens is 2. The summed E-state index contributed by atoms with van der Waals surface area (Å²) in [6.45, 7) is 4.66. The zero-order chi connectivity index (χ0) is 13.7. The lowest BCUT2D eigenvalue weighted by atomic mass is 9.99. The zero-order valence-corrected chi connectivity index (χ0v) is 12.7. The molecule has 2 aliphatic heterocycles. The van der Waals surface area contributed by atoms with Gasteiger partial charge in [-0.3, -0.25) is 4.90 Å². The number of nitrogens with one attached hydrogen (secondary N) is 1. The van der Waals surface area contributed by atoms with Gasteiger partial charge in [0.1, 0.15) is 0 Å². The second-order valence-electron chi connectivity index (χ2n) is 6.28. The summed E-state index contributed by atoms with van der Waals surface area (Å²) in [6.07, 6.45) is 5.29. The Morgan fingerprint density at radius 3 is 2.95 bits per heavy atom. The van der Waals surface area contributed by atoms with Crippen LogP contribution >= 0.6 is 12.2 Å². The molecule has 4 rings (SSSR count). The Hall–Kier alpha value is -1.13. The predicted octanol–water partition coefficient (Wildman–Crippen LogP) is 3.81. The first-order chi connectivity index (χ1) is 9.74. The van der Waals surface area contributed by atoms with Gasteiger partial charge in [-0.05, 0) is 62.6 Å². The molecule has 1 N–H and O–H groups in total. The van der Waals surface area contributed by atoms with Crippen LogP contribution in [0, 0.1) is 11.7 Å². The van der Waals surface area contributed by atoms with E-state index in [2.05, 4.69) is 39.6 Å². The van der Waals surface area contributed by atoms with E-state index in [1.807, 2.05) is 0 Å². The molecule has 2 saturated heterocycles. The summed E-state index contributed by atoms with van der Waals surface area (Å²) in [5.41, 5.74) is 3.76. The van der Waals surface area contributed by atoms with Crippen LogP contribution in [0.2, 0.25) is 0 Å². The number of fused-ring (bicyclic) bond motifs is 2. The van der Waals surface area contributed by atoms with Crippen molar-refractivity contribution in [1.82, 2.24) is 14.5 Å². The molecule has 3 nitrogen and oxygen atoms in total. The molecule has 2 fully saturated rings. The molecule has 2 aromatic rings. The van der Waals surface area contributed by atoms with Crippen LogP contribution in [0.1, 0.15) is 37.3 Å². The maximum Gasteiger partial charge on any atom is 0.178 e. The Balaban J connectivity index is 1.83. The van der Waals surface area contributed by atoms with Gasteiger partial charge < -0.3 is 9.55 Å². The van der Waals surface area contributed by atoms with Gasteiger partial charge in [0, 0.05) is 12.6 Å². The van der Waals surface area contributed by atoms with Crippen molar-refractivity contribution in [2.45, 2.75) is 44.7 Å². The number of rotatable bonds is 1. The van der Waals surface area contributed by atoms with Gasteiger partial charge in [-0.15, -0.1) is 0 Å². The van der Waals surface area contributed by atoms with Crippen molar-refractivity contribution >= 4 is 23.3 Å². The number of nitrogens with zero attached hydrogens (tertiary/aromatic N) is 2. The standard InChI is InChI=1S/C16H21N3S/c1-11-5-6-12-15(10-11)19(16(20)17-12)14-7-9-18-8-3-2-4-13(14)18/h5-6,10,13-14H,2-4,7-9H2,1H3,(H,17,20). The second-order valence-corrected chi connectivity index (χ2v) is 6.66. The summed E-state index contributed by atoms with van der Waals surface area (Å²) >= 11 is 5.62. The number of aromatic amines is 1. The normalized spacial score (nSPS) is 27.1. The number of piperidine rings is 1. The van der Waals surface area contributed by atoms with Crippen molar-refractivity contribution in [2.75, 3.05) is 13.1 Å². The lowest BCUT2D eigenvalue weighted by Crippen LogP contribution is -2.37. The highest BCUT2D eigenvalue weighted by Gasteiger charge is 2.37. The molecule has 0 saturated carbocycles. The van der Waals surface area contributed by atoms with Gasteiger partial charge in [-0.2, -0.15) is 0 Å². The van der Waals surface area contributed by atoms with Crippen molar-refractivity contribution in [1.29, 1.82) is 0 Å². The maximum atomic E-state index is 5.62. The molecule has 2 unspecified atom stereocenters. The molecule has 0 bridgehead atoms. The van der Waals surface area contributed by atoms with Crippen molar-refractivity contribution < 1.29 is 0 Å². The van der Waals surface area contributed by atoms with E-state index in [0.29, 0.717) is 12.1 Å². The van der Waals surface area contributed by atoms with Crippen LogP contribution < -0.4 is 0 Å². The van der Waals surface area contributed by atoms with Crippen LogP contribution in [0.25, 0.3) is 11.0 Å². The van der Waals surface area contributed by atoms with E-state index in [4.69, 9.17) is 12.2 Å². The largest absolute Gasteiger partial charge is 0.331 e. The first kappa shape index (κ1) is 12.6. The van der Waals surface area contributed by atoms with Gasteiger partial charge in [0.05, 0.1) is 17.1 Å². The highest BCUT2D eigenvalue weighted by molar-refractivity contribution is 7.71. The van der Waals surface area contributed by atoms with Gasteiger partial charge >= 0.3 is 0 Å². The summed E-state index contributed by atoms with van der Waals surface area (Å²) in [7, 11) is 0. The Labute approximate surface area is 124 Å². The molecule has 1 aromatic carbocycles. The highest BCUT2D eigenvalue weighted by Crippen LogP contribution is 2.37. The van der Waals surface area contributed by atoms with E-state index in [9.17, 15) is 0 Å². The smallest absolute Gasteiger partial charge is 0.178 e. The Morgan fingerprint density at radius 1 is 1.15 bits per heavy atom. The van der Waals surface area contributed by atoms with Gasteiger partial charge in [-0.1, -0.05) is 12.5 Å². The molecular weight excluding hydrogens is 266 g/mol. The molecular formula is C16H21N3S. The molecule has 1 aromatic heterocycles. The lowest BCUT2D eigenvalue weighted by molar-refractivity contribution is 0.174. The van der Waals surface area contributed by atoms with Gasteiger partial charge in [0.2, 0.25) is 0 Å². The molecule has 20 heavy (non-hydrogen) atoms. The van der Waals surface area contributed by atoms with Gasteiger partial charge in [0.15, 0.2) is 4.77 Å². The first-order valence-electron chi connectivity index (χ1n) is 7.69. The maximum absolute atomic E-state index is 5.62. The minimum absolute atomic E-state index is 0.554. The third-order valence-corrected chi connectivity index (χ3v) is 5.32. The molecule has 2 atom stereocenters. The fraction of sp³-hybridized carbons (Fsp3) is 0.562. The van der Waals surface area contributed by atoms with Crippen molar-refractivity contribution in [2.24, 2.45) is 0 Å². The Morgan fingerprint density at radius 2 is 2.05 bits per heavy atom. The van der Waals surface area contributed by atoms with Gasteiger partial charge in [-0.25, -0.2) is 0 Å². The lowest BCUT2D eigenvalue weighted by Gasteiger charge is -2.33. The SMILES string of the molecule is Cc1ccc2[nH]c(=S)n(C3CCN4CCCCC34)c2c1. The molecule has 0 radical (unpaired) electrons. The van der Waals surface area contributed by atoms with Crippen LogP contribution in [0.5, 0.6) is 0 Å². The fourth-order valence-electron chi connectivity index (χ4n) is 4.08. The van der Waals surface area contributed by atoms with Crippen LogP contribution in [-0.4, -0.2) is 33.6 Å². The van der Waals surface area contributed by atoms with Crippen molar-refractivity contribution in [3.63, 3.8) is 0 Å². The average molecular weight is 287 g/mol. The quantitative estimate of drug-likeness (QED) is 0.807. The number of aryl methyl sites for hydroxylation is 1. The molecule has 106 valence electrons. The molecule has 0 aliphatic carbocycles. The Kier molecular flexibility index (Phi) is 2.97. The summed E-state index contributed by atoms with van der Waals surface area (Å²) in [4.78, 5) is 6.06. The fourth-order valence-corrected chi connectivity index (χ4v) is 4.43. The molecule has 0 amide bonds. The second kappa shape index (κ2) is 4.71. The number of hydrogen-bond donors (Lipinski definition) is 1. The number of imidazole rings is 1. The van der Waals surface area contributed by atoms with Crippen molar-refractivity contribution in [3.8, 4) is 0 Å². The molecule has 3 heterocycles. The van der Waals surface area contributed by atoms with E-state index >= 15 is 0 Å². The van der Waals surface area contributed by atoms with E-state index in [0.717, 1.165) is 4.77 Å².